The molecule has 5 aromatic carbocycles. The van der Waals surface area contributed by atoms with Crippen molar-refractivity contribution in [1.29, 1.82) is 0 Å². The number of nitrogens with zero attached hydrogens (tertiary/aromatic N) is 4. The van der Waals surface area contributed by atoms with Crippen LogP contribution in [-0.2, 0) is 42.1 Å². The van der Waals surface area contributed by atoms with E-state index in [2.05, 4.69) is 59.5 Å². The molecule has 0 unspecified atom stereocenters. The average Bonchev–Trinajstić information content (AvgIpc) is 3.89. The number of hydrogen-bond donors (Lipinski definition) is 0. The van der Waals surface area contributed by atoms with Gasteiger partial charge in [-0.25, -0.2) is 24.2 Å². The van der Waals surface area contributed by atoms with Gasteiger partial charge >= 0.3 is 48.1 Å². The Bertz CT molecular complexity index is 2470. The van der Waals surface area contributed by atoms with Crippen molar-refractivity contribution < 1.29 is 60.8 Å². The molecule has 7 aromatic rings. The second-order valence-corrected chi connectivity index (χ2v) is 12.3. The quantitative estimate of drug-likeness (QED) is 0.0821. The molecule has 0 fully saturated rings. The van der Waals surface area contributed by atoms with Gasteiger partial charge in [0.15, 0.2) is 7.05 Å². The molecule has 1 aliphatic heterocycles. The Kier molecular flexibility index (Phi) is 14.4. The maximum Gasteiger partial charge on any atom is 4.00 e. The van der Waals surface area contributed by atoms with Crippen molar-refractivity contribution in [2.75, 3.05) is 7.05 Å². The Morgan fingerprint density at radius 2 is 1.39 bits per heavy atom. The summed E-state index contributed by atoms with van der Waals surface area (Å²) in [5.74, 6) is 2.35. The Balaban J connectivity index is 0.000000562. The van der Waals surface area contributed by atoms with Crippen LogP contribution in [0.15, 0.2) is 162 Å². The second kappa shape index (κ2) is 19.6. The van der Waals surface area contributed by atoms with E-state index in [1.165, 1.54) is 0 Å². The molecule has 0 bridgehead atoms. The van der Waals surface area contributed by atoms with Crippen LogP contribution in [0.5, 0.6) is 23.0 Å². The van der Waals surface area contributed by atoms with Crippen molar-refractivity contribution in [2.24, 2.45) is 0 Å². The van der Waals surface area contributed by atoms with Gasteiger partial charge in [-0.15, -0.1) is 59.8 Å². The van der Waals surface area contributed by atoms with Crippen LogP contribution in [-0.4, -0.2) is 31.8 Å². The summed E-state index contributed by atoms with van der Waals surface area (Å²) in [6, 6.07) is 60.8. The fraction of sp³-hybridized carbons (Fsp3) is 0.0222. The molecule has 0 N–H and O–H groups in total. The van der Waals surface area contributed by atoms with E-state index >= 15 is 0 Å². The number of rotatable bonds is 9. The van der Waals surface area contributed by atoms with Crippen molar-refractivity contribution in [2.45, 2.75) is 9.79 Å². The smallest absolute Gasteiger partial charge is 0.669 e. The van der Waals surface area contributed by atoms with E-state index in [4.69, 9.17) is 15.9 Å². The maximum atomic E-state index is 6.57. The molecule has 0 radical (unpaired) electrons. The molecular weight excluding hydrogens is 1050 g/mol. The number of pyridine rings is 1. The summed E-state index contributed by atoms with van der Waals surface area (Å²) in [5.41, 5.74) is 4.02. The van der Waals surface area contributed by atoms with Crippen molar-refractivity contribution in [3.63, 3.8) is 0 Å². The molecule has 0 amide bonds. The SMILES string of the molecule is C[N+]1=C=[N+](c2[c-]c(Oc3[c-]c(-c4cc(-c5[c-]c(Oc6[c-]ccc(Sc7ccccc7)c6)ccc5)[c-]cn4)ccc3)ccc2)C=C1.[C-]#Cn1cccc1.[Pt+2].[Pt+4]. The van der Waals surface area contributed by atoms with Gasteiger partial charge < -0.3 is 25.4 Å². The van der Waals surface area contributed by atoms with Crippen molar-refractivity contribution in [3.8, 4) is 51.4 Å². The molecule has 0 spiro atoms. The van der Waals surface area contributed by atoms with E-state index in [9.17, 15) is 0 Å². The van der Waals surface area contributed by atoms with E-state index in [-0.39, 0.29) is 42.1 Å². The van der Waals surface area contributed by atoms with Gasteiger partial charge in [-0.1, -0.05) is 62.3 Å². The molecule has 0 aliphatic carbocycles. The molecule has 264 valence electrons. The summed E-state index contributed by atoms with van der Waals surface area (Å²) in [7, 11) is 1.92. The minimum Gasteiger partial charge on any atom is -0.669 e. The molecule has 8 rings (SSSR count). The molecule has 1 aliphatic rings. The zero-order chi connectivity index (χ0) is 35.5. The Labute approximate surface area is 348 Å². The van der Waals surface area contributed by atoms with Crippen LogP contribution in [0.4, 0.5) is 5.69 Å². The van der Waals surface area contributed by atoms with E-state index in [0.29, 0.717) is 23.0 Å². The number of ether oxygens (including phenoxy) is 2. The first-order valence-corrected chi connectivity index (χ1v) is 17.0. The second-order valence-electron chi connectivity index (χ2n) is 11.2. The third-order valence-electron chi connectivity index (χ3n) is 7.42. The molecule has 9 heteroatoms. The van der Waals surface area contributed by atoms with Crippen LogP contribution < -0.4 is 9.47 Å². The van der Waals surface area contributed by atoms with Crippen LogP contribution in [0.25, 0.3) is 22.4 Å². The summed E-state index contributed by atoms with van der Waals surface area (Å²) < 4.78 is 17.5. The first kappa shape index (κ1) is 39.7. The van der Waals surface area contributed by atoms with E-state index in [0.717, 1.165) is 37.9 Å². The van der Waals surface area contributed by atoms with Gasteiger partial charge in [-0.3, -0.25) is 11.1 Å². The normalized spacial score (nSPS) is 11.0. The fourth-order valence-corrected chi connectivity index (χ4v) is 5.87. The third-order valence-corrected chi connectivity index (χ3v) is 8.42. The molecule has 0 saturated heterocycles. The van der Waals surface area contributed by atoms with Crippen LogP contribution in [0.1, 0.15) is 0 Å². The van der Waals surface area contributed by atoms with Gasteiger partial charge in [-0.05, 0) is 24.3 Å². The van der Waals surface area contributed by atoms with E-state index in [1.54, 1.807) is 34.9 Å². The molecule has 0 saturated carbocycles. The topological polar surface area (TPSA) is 42.3 Å². The molecule has 6 nitrogen and oxygen atoms in total. The molecule has 0 atom stereocenters. The number of aromatic nitrogens is 2. The summed E-state index contributed by atoms with van der Waals surface area (Å²) in [6.45, 7) is 0. The predicted octanol–water partition coefficient (Wildman–Crippen LogP) is 9.98. The summed E-state index contributed by atoms with van der Waals surface area (Å²) in [4.78, 5) is 6.79. The average molecular weight is 1080 g/mol. The number of benzene rings is 5. The van der Waals surface area contributed by atoms with Crippen LogP contribution in [0.3, 0.4) is 0 Å². The van der Waals surface area contributed by atoms with Gasteiger partial charge in [0.2, 0.25) is 6.20 Å². The van der Waals surface area contributed by atoms with Gasteiger partial charge in [0.25, 0.3) is 6.20 Å². The molecule has 2 aromatic heterocycles. The standard InChI is InChI=1S/C39H24N3O2S.C6H4N.2Pt/c1-41-21-22-42(28-41)32-11-7-14-35(26-32)43-34-13-6-10-31(24-34)39-25-30(19-20-40-39)29-9-5-12-33(23-29)44-36-15-8-18-38(27-36)45-37-16-3-2-4-17-37;1-2-7-5-3-4-6-7;;/h2-14,16-18,20-22,25,27H,1H3;3-6H;;/q-3;-1;+2;+4. The monoisotopic (exact) mass is 1080 g/mol. The van der Waals surface area contributed by atoms with E-state index in [1.807, 2.05) is 138 Å². The summed E-state index contributed by atoms with van der Waals surface area (Å²) >= 11 is 1.67. The van der Waals surface area contributed by atoms with Crippen molar-refractivity contribution in [1.82, 2.24) is 9.55 Å². The maximum absolute atomic E-state index is 6.57. The zero-order valence-corrected chi connectivity index (χ0v) is 33.9. The van der Waals surface area contributed by atoms with Crippen LogP contribution in [0, 0.1) is 42.8 Å². The van der Waals surface area contributed by atoms with Gasteiger partial charge in [-0.2, -0.15) is 30.3 Å². The minimum atomic E-state index is 0. The molecular formula is C45H28N4O2Pt2S+2. The first-order valence-electron chi connectivity index (χ1n) is 16.2. The van der Waals surface area contributed by atoms with Crippen molar-refractivity contribution in [3.05, 3.63) is 189 Å². The minimum absolute atomic E-state index is 0. The Morgan fingerprint density at radius 1 is 0.704 bits per heavy atom. The van der Waals surface area contributed by atoms with Gasteiger partial charge in [0.05, 0.1) is 0 Å². The van der Waals surface area contributed by atoms with E-state index < -0.39 is 0 Å². The largest absolute Gasteiger partial charge is 4.00 e. The summed E-state index contributed by atoms with van der Waals surface area (Å²) in [5, 5.41) is 0. The summed E-state index contributed by atoms with van der Waals surface area (Å²) in [6.07, 6.45) is 15.6. The number of hydrogen-bond acceptors (Lipinski definition) is 4. The first-order chi connectivity index (χ1) is 25.6. The van der Waals surface area contributed by atoms with Crippen molar-refractivity contribution >= 4 is 23.5 Å². The van der Waals surface area contributed by atoms with Gasteiger partial charge in [0, 0.05) is 40.3 Å². The predicted molar refractivity (Wildman–Crippen MR) is 200 cm³/mol. The Hall–Kier alpha value is -5.46. The van der Waals surface area contributed by atoms with Crippen LogP contribution in [0.2, 0.25) is 0 Å². The Morgan fingerprint density at radius 3 is 2.09 bits per heavy atom. The zero-order valence-electron chi connectivity index (χ0n) is 28.6. The molecule has 3 heterocycles. The van der Waals surface area contributed by atoms with Gasteiger partial charge in [0.1, 0.15) is 5.69 Å². The fourth-order valence-electron chi connectivity index (χ4n) is 5.00. The molecule has 54 heavy (non-hydrogen) atoms. The van der Waals surface area contributed by atoms with Crippen LogP contribution >= 0.6 is 11.8 Å². The third kappa shape index (κ3) is 10.8.